The summed E-state index contributed by atoms with van der Waals surface area (Å²) >= 11 is 0. The number of carbonyl (C=O) groups is 2. The third kappa shape index (κ3) is 5.53. The average Bonchev–Trinajstić information content (AvgIpc) is 3.01. The summed E-state index contributed by atoms with van der Waals surface area (Å²) in [6, 6.07) is 7.69. The van der Waals surface area contributed by atoms with Crippen molar-refractivity contribution in [3.63, 3.8) is 0 Å². The molecule has 1 aromatic rings. The third-order valence-electron chi connectivity index (χ3n) is 3.93. The Bertz CT molecular complexity index is 595. The highest BCUT2D eigenvalue weighted by atomic mass is 16.5. The maximum absolute atomic E-state index is 12.1. The molecule has 1 aliphatic rings. The topological polar surface area (TPSA) is 78.9 Å². The number of ether oxygens (including phenoxy) is 1. The summed E-state index contributed by atoms with van der Waals surface area (Å²) in [5, 5.41) is 11.8. The Morgan fingerprint density at radius 1 is 1.33 bits per heavy atom. The highest BCUT2D eigenvalue weighted by Gasteiger charge is 2.30. The first-order valence-electron chi connectivity index (χ1n) is 8.22. The molecule has 6 heteroatoms. The smallest absolute Gasteiger partial charge is 0.317 e. The number of amides is 2. The number of aliphatic carboxylic acids is 1. The van der Waals surface area contributed by atoms with Crippen molar-refractivity contribution in [1.29, 1.82) is 0 Å². The Hall–Kier alpha value is -2.08. The standard InChI is InChI=1S/C18H26N2O4/c1-18(2,3)24-12-14-6-4-5-13(9-14)10-19-17(23)20-8-7-15(11-20)16(21)22/h4-6,9,15H,7-8,10-12H2,1-3H3,(H,19,23)(H,21,22). The van der Waals surface area contributed by atoms with Gasteiger partial charge in [-0.25, -0.2) is 4.79 Å². The molecule has 1 saturated heterocycles. The van der Waals surface area contributed by atoms with Crippen LogP contribution in [0, 0.1) is 5.92 Å². The van der Waals surface area contributed by atoms with Gasteiger partial charge in [-0.3, -0.25) is 4.79 Å². The van der Waals surface area contributed by atoms with E-state index >= 15 is 0 Å². The zero-order valence-corrected chi connectivity index (χ0v) is 14.5. The minimum atomic E-state index is -0.836. The lowest BCUT2D eigenvalue weighted by molar-refractivity contribution is -0.141. The molecule has 24 heavy (non-hydrogen) atoms. The van der Waals surface area contributed by atoms with Crippen LogP contribution in [0.5, 0.6) is 0 Å². The molecule has 132 valence electrons. The zero-order valence-electron chi connectivity index (χ0n) is 14.5. The van der Waals surface area contributed by atoms with Gasteiger partial charge in [0.2, 0.25) is 0 Å². The number of rotatable bonds is 5. The van der Waals surface area contributed by atoms with Crippen LogP contribution in [0.15, 0.2) is 24.3 Å². The van der Waals surface area contributed by atoms with Crippen molar-refractivity contribution in [3.8, 4) is 0 Å². The molecule has 1 fully saturated rings. The summed E-state index contributed by atoms with van der Waals surface area (Å²) in [6.45, 7) is 7.74. The number of hydrogen-bond acceptors (Lipinski definition) is 3. The van der Waals surface area contributed by atoms with Crippen LogP contribution in [0.25, 0.3) is 0 Å². The fraction of sp³-hybridized carbons (Fsp3) is 0.556. The van der Waals surface area contributed by atoms with E-state index in [-0.39, 0.29) is 18.2 Å². The lowest BCUT2D eigenvalue weighted by Gasteiger charge is -2.20. The van der Waals surface area contributed by atoms with Crippen molar-refractivity contribution in [2.24, 2.45) is 5.92 Å². The first-order valence-corrected chi connectivity index (χ1v) is 8.22. The molecule has 0 bridgehead atoms. The maximum atomic E-state index is 12.1. The second-order valence-electron chi connectivity index (χ2n) is 7.15. The van der Waals surface area contributed by atoms with E-state index in [1.165, 1.54) is 0 Å². The lowest BCUT2D eigenvalue weighted by atomic mass is 10.1. The van der Waals surface area contributed by atoms with Crippen molar-refractivity contribution < 1.29 is 19.4 Å². The fourth-order valence-corrected chi connectivity index (χ4v) is 2.57. The molecule has 2 N–H and O–H groups in total. The van der Waals surface area contributed by atoms with E-state index < -0.39 is 11.9 Å². The number of nitrogens with one attached hydrogen (secondary N) is 1. The third-order valence-corrected chi connectivity index (χ3v) is 3.93. The van der Waals surface area contributed by atoms with E-state index in [1.807, 2.05) is 45.0 Å². The van der Waals surface area contributed by atoms with Gasteiger partial charge < -0.3 is 20.1 Å². The van der Waals surface area contributed by atoms with Gasteiger partial charge in [0.05, 0.1) is 18.1 Å². The normalized spacial score (nSPS) is 17.8. The van der Waals surface area contributed by atoms with Gasteiger partial charge in [-0.05, 0) is 38.3 Å². The number of hydrogen-bond donors (Lipinski definition) is 2. The van der Waals surface area contributed by atoms with Crippen molar-refractivity contribution >= 4 is 12.0 Å². The van der Waals surface area contributed by atoms with Gasteiger partial charge in [-0.15, -0.1) is 0 Å². The molecular weight excluding hydrogens is 308 g/mol. The molecular formula is C18H26N2O4. The molecule has 0 saturated carbocycles. The van der Waals surface area contributed by atoms with Crippen molar-refractivity contribution in [1.82, 2.24) is 10.2 Å². The van der Waals surface area contributed by atoms with E-state index in [9.17, 15) is 9.59 Å². The molecule has 0 spiro atoms. The molecule has 6 nitrogen and oxygen atoms in total. The van der Waals surface area contributed by atoms with Crippen LogP contribution < -0.4 is 5.32 Å². The largest absolute Gasteiger partial charge is 0.481 e. The molecule has 1 atom stereocenters. The summed E-state index contributed by atoms with van der Waals surface area (Å²) in [7, 11) is 0. The Morgan fingerprint density at radius 3 is 2.67 bits per heavy atom. The van der Waals surface area contributed by atoms with Gasteiger partial charge in [0.25, 0.3) is 0 Å². The predicted molar refractivity (Wildman–Crippen MR) is 90.5 cm³/mol. The minimum Gasteiger partial charge on any atom is -0.481 e. The van der Waals surface area contributed by atoms with Gasteiger partial charge >= 0.3 is 12.0 Å². The lowest BCUT2D eigenvalue weighted by Crippen LogP contribution is -2.38. The zero-order chi connectivity index (χ0) is 17.7. The SMILES string of the molecule is CC(C)(C)OCc1cccc(CNC(=O)N2CCC(C(=O)O)C2)c1. The molecule has 0 radical (unpaired) electrons. The molecule has 2 amide bonds. The van der Waals surface area contributed by atoms with E-state index in [4.69, 9.17) is 9.84 Å². The first-order chi connectivity index (χ1) is 11.2. The number of likely N-dealkylation sites (tertiary alicyclic amines) is 1. The van der Waals surface area contributed by atoms with Crippen LogP contribution >= 0.6 is 0 Å². The van der Waals surface area contributed by atoms with E-state index in [2.05, 4.69) is 5.32 Å². The molecule has 1 heterocycles. The number of nitrogens with zero attached hydrogens (tertiary/aromatic N) is 1. The number of carboxylic acid groups (broad SMARTS) is 1. The molecule has 2 rings (SSSR count). The first kappa shape index (κ1) is 18.3. The van der Waals surface area contributed by atoms with Gasteiger partial charge in [-0.2, -0.15) is 0 Å². The van der Waals surface area contributed by atoms with Crippen molar-refractivity contribution in [2.45, 2.75) is 45.9 Å². The van der Waals surface area contributed by atoms with Crippen LogP contribution in [0.3, 0.4) is 0 Å². The average molecular weight is 334 g/mol. The minimum absolute atomic E-state index is 0.194. The summed E-state index contributed by atoms with van der Waals surface area (Å²) < 4.78 is 5.76. The van der Waals surface area contributed by atoms with E-state index in [1.54, 1.807) is 4.90 Å². The fourth-order valence-electron chi connectivity index (χ4n) is 2.57. The summed E-state index contributed by atoms with van der Waals surface area (Å²) in [5.41, 5.74) is 1.86. The van der Waals surface area contributed by atoms with Gasteiger partial charge in [0.15, 0.2) is 0 Å². The Labute approximate surface area is 142 Å². The monoisotopic (exact) mass is 334 g/mol. The molecule has 1 unspecified atom stereocenters. The summed E-state index contributed by atoms with van der Waals surface area (Å²) in [5.74, 6) is -1.29. The van der Waals surface area contributed by atoms with Gasteiger partial charge in [0.1, 0.15) is 0 Å². The van der Waals surface area contributed by atoms with Gasteiger partial charge in [-0.1, -0.05) is 24.3 Å². The number of benzene rings is 1. The van der Waals surface area contributed by atoms with Crippen LogP contribution in [-0.4, -0.2) is 40.7 Å². The van der Waals surface area contributed by atoms with E-state index in [0.29, 0.717) is 26.1 Å². The molecule has 0 aromatic heterocycles. The predicted octanol–water partition coefficient (Wildman–Crippen LogP) is 2.62. The van der Waals surface area contributed by atoms with Crippen molar-refractivity contribution in [2.75, 3.05) is 13.1 Å². The number of urea groups is 1. The van der Waals surface area contributed by atoms with Crippen LogP contribution in [-0.2, 0) is 22.7 Å². The number of carbonyl (C=O) groups excluding carboxylic acids is 1. The molecule has 1 aromatic carbocycles. The van der Waals surface area contributed by atoms with Gasteiger partial charge in [0, 0.05) is 19.6 Å². The van der Waals surface area contributed by atoms with Crippen LogP contribution in [0.1, 0.15) is 38.3 Å². The maximum Gasteiger partial charge on any atom is 0.317 e. The van der Waals surface area contributed by atoms with Crippen LogP contribution in [0.2, 0.25) is 0 Å². The van der Waals surface area contributed by atoms with Crippen LogP contribution in [0.4, 0.5) is 4.79 Å². The second kappa shape index (κ2) is 7.66. The quantitative estimate of drug-likeness (QED) is 0.867. The summed E-state index contributed by atoms with van der Waals surface area (Å²) in [6.07, 6.45) is 0.516. The highest BCUT2D eigenvalue weighted by molar-refractivity contribution is 5.77. The number of carboxylic acids is 1. The summed E-state index contributed by atoms with van der Waals surface area (Å²) in [4.78, 5) is 24.6. The Kier molecular flexibility index (Phi) is 5.83. The van der Waals surface area contributed by atoms with Crippen molar-refractivity contribution in [3.05, 3.63) is 35.4 Å². The molecule has 0 aliphatic carbocycles. The second-order valence-corrected chi connectivity index (χ2v) is 7.15. The van der Waals surface area contributed by atoms with E-state index in [0.717, 1.165) is 11.1 Å². The Balaban J connectivity index is 1.84. The molecule has 1 aliphatic heterocycles. The highest BCUT2D eigenvalue weighted by Crippen LogP contribution is 2.17. The Morgan fingerprint density at radius 2 is 2.04 bits per heavy atom.